The van der Waals surface area contributed by atoms with Crippen LogP contribution in [0.15, 0.2) is 17.6 Å². The summed E-state index contributed by atoms with van der Waals surface area (Å²) in [4.78, 5) is 5.72. The lowest BCUT2D eigenvalue weighted by molar-refractivity contribution is 1.23. The van der Waals surface area contributed by atoms with Gasteiger partial charge >= 0.3 is 0 Å². The van der Waals surface area contributed by atoms with E-state index in [1.165, 1.54) is 20.5 Å². The highest BCUT2D eigenvalue weighted by Crippen LogP contribution is 2.22. The van der Waals surface area contributed by atoms with Gasteiger partial charge in [-0.2, -0.15) is 0 Å². The predicted molar refractivity (Wildman–Crippen MR) is 82.6 cm³/mol. The zero-order valence-corrected chi connectivity index (χ0v) is 13.2. The van der Waals surface area contributed by atoms with E-state index in [9.17, 15) is 0 Å². The summed E-state index contributed by atoms with van der Waals surface area (Å²) in [6.45, 7) is 15.6. The molecule has 0 spiro atoms. The van der Waals surface area contributed by atoms with Crippen LogP contribution in [0, 0.1) is 13.8 Å². The van der Waals surface area contributed by atoms with Gasteiger partial charge in [0, 0.05) is 14.9 Å². The van der Waals surface area contributed by atoms with Crippen LogP contribution in [0.4, 0.5) is 0 Å². The summed E-state index contributed by atoms with van der Waals surface area (Å²) in [6.07, 6.45) is 1.77. The molecule has 0 saturated heterocycles. The summed E-state index contributed by atoms with van der Waals surface area (Å²) in [5, 5.41) is 0. The number of aryl methyl sites for hydroxylation is 1. The van der Waals surface area contributed by atoms with Crippen LogP contribution in [0.5, 0.6) is 0 Å². The van der Waals surface area contributed by atoms with E-state index in [0.29, 0.717) is 12.4 Å². The average Bonchev–Trinajstić information content (AvgIpc) is 2.52. The van der Waals surface area contributed by atoms with Crippen LogP contribution in [-0.4, -0.2) is 20.5 Å². The van der Waals surface area contributed by atoms with Crippen molar-refractivity contribution in [2.45, 2.75) is 33.5 Å². The van der Waals surface area contributed by atoms with Crippen LogP contribution in [-0.2, 0) is 0 Å². The molecule has 0 radical (unpaired) electrons. The Balaban J connectivity index is 3.36. The highest BCUT2D eigenvalue weighted by Gasteiger charge is 2.26. The second-order valence-electron chi connectivity index (χ2n) is 5.25. The molecule has 4 heteroatoms. The zero-order chi connectivity index (χ0) is 13.2. The first-order chi connectivity index (χ1) is 7.79. The van der Waals surface area contributed by atoms with Gasteiger partial charge in [-0.1, -0.05) is 25.7 Å². The van der Waals surface area contributed by atoms with Crippen molar-refractivity contribution in [3.05, 3.63) is 28.7 Å². The summed E-state index contributed by atoms with van der Waals surface area (Å²) in [6, 6.07) is 0. The van der Waals surface area contributed by atoms with Gasteiger partial charge in [-0.3, -0.25) is 4.99 Å². The molecule has 0 aliphatic rings. The average molecular weight is 266 g/mol. The van der Waals surface area contributed by atoms with E-state index < -0.39 is 8.07 Å². The number of nitrogens with zero attached hydrogens (tertiary/aromatic N) is 1. The molecule has 0 amide bonds. The number of amidine groups is 1. The molecule has 0 aromatic carbocycles. The topological polar surface area (TPSA) is 38.4 Å². The van der Waals surface area contributed by atoms with E-state index >= 15 is 0 Å². The normalized spacial score (nSPS) is 12.9. The molecular weight excluding hydrogens is 244 g/mol. The molecule has 0 unspecified atom stereocenters. The first-order valence-corrected chi connectivity index (χ1v) is 10.1. The summed E-state index contributed by atoms with van der Waals surface area (Å²) in [7, 11) is -1.36. The van der Waals surface area contributed by atoms with Crippen molar-refractivity contribution in [1.29, 1.82) is 0 Å². The largest absolute Gasteiger partial charge is 0.383 e. The molecule has 0 atom stereocenters. The fourth-order valence-electron chi connectivity index (χ4n) is 1.71. The third-order valence-electron chi connectivity index (χ3n) is 2.71. The van der Waals surface area contributed by atoms with Crippen LogP contribution in [0.3, 0.4) is 0 Å². The number of aliphatic imine (C=N–C) groups is 1. The zero-order valence-electron chi connectivity index (χ0n) is 11.4. The lowest BCUT2D eigenvalue weighted by Crippen LogP contribution is -2.40. The maximum absolute atomic E-state index is 6.12. The predicted octanol–water partition coefficient (Wildman–Crippen LogP) is 2.80. The minimum atomic E-state index is -1.36. The Morgan fingerprint density at radius 1 is 1.41 bits per heavy atom. The number of thiophene rings is 1. The van der Waals surface area contributed by atoms with Crippen molar-refractivity contribution < 1.29 is 0 Å². The molecule has 1 aromatic rings. The molecule has 94 valence electrons. The SMILES string of the molecule is C=CCN=C(N)c1c([Si](C)(C)C)sc(C)c1C. The molecule has 17 heavy (non-hydrogen) atoms. The van der Waals surface area contributed by atoms with Gasteiger partial charge in [0.1, 0.15) is 5.84 Å². The standard InChI is InChI=1S/C13H22N2SSi/c1-7-8-15-12(14)11-9(2)10(3)16-13(11)17(4,5)6/h7H,1,8H2,2-6H3,(H2,14,15). The Morgan fingerprint density at radius 3 is 2.47 bits per heavy atom. The van der Waals surface area contributed by atoms with E-state index in [4.69, 9.17) is 5.73 Å². The number of rotatable bonds is 4. The maximum Gasteiger partial charge on any atom is 0.126 e. The third-order valence-corrected chi connectivity index (χ3v) is 7.49. The van der Waals surface area contributed by atoms with Gasteiger partial charge in [0.05, 0.1) is 14.6 Å². The van der Waals surface area contributed by atoms with E-state index in [-0.39, 0.29) is 0 Å². The molecule has 0 aliphatic carbocycles. The van der Waals surface area contributed by atoms with Crippen molar-refractivity contribution in [1.82, 2.24) is 0 Å². The fourth-order valence-corrected chi connectivity index (χ4v) is 5.38. The van der Waals surface area contributed by atoms with E-state index in [0.717, 1.165) is 0 Å². The first kappa shape index (κ1) is 14.2. The third kappa shape index (κ3) is 3.07. The summed E-state index contributed by atoms with van der Waals surface area (Å²) >= 11 is 1.88. The molecule has 2 N–H and O–H groups in total. The van der Waals surface area contributed by atoms with Gasteiger partial charge in [-0.25, -0.2) is 0 Å². The molecule has 2 nitrogen and oxygen atoms in total. The second kappa shape index (κ2) is 5.19. The maximum atomic E-state index is 6.12. The van der Waals surface area contributed by atoms with E-state index in [1.807, 2.05) is 11.3 Å². The van der Waals surface area contributed by atoms with Crippen LogP contribution >= 0.6 is 11.3 Å². The van der Waals surface area contributed by atoms with Crippen molar-refractivity contribution in [2.75, 3.05) is 6.54 Å². The van der Waals surface area contributed by atoms with Crippen LogP contribution in [0.2, 0.25) is 19.6 Å². The fraction of sp³-hybridized carbons (Fsp3) is 0.462. The van der Waals surface area contributed by atoms with E-state index in [1.54, 1.807) is 6.08 Å². The Labute approximate surface area is 109 Å². The van der Waals surface area contributed by atoms with Gasteiger partial charge in [0.25, 0.3) is 0 Å². The summed E-state index contributed by atoms with van der Waals surface area (Å²) in [5.74, 6) is 0.671. The highest BCUT2D eigenvalue weighted by molar-refractivity contribution is 7.27. The second-order valence-corrected chi connectivity index (χ2v) is 11.8. The number of hydrogen-bond donors (Lipinski definition) is 1. The lowest BCUT2D eigenvalue weighted by Gasteiger charge is -2.16. The smallest absolute Gasteiger partial charge is 0.126 e. The Hall–Kier alpha value is -0.873. The number of nitrogens with two attached hydrogens (primary N) is 1. The Morgan fingerprint density at radius 2 is 2.00 bits per heavy atom. The minimum Gasteiger partial charge on any atom is -0.383 e. The molecule has 0 fully saturated rings. The molecule has 0 aliphatic heterocycles. The Kier molecular flexibility index (Phi) is 4.33. The Bertz CT molecular complexity index is 453. The molecular formula is C13H22N2SSi. The molecule has 1 heterocycles. The van der Waals surface area contributed by atoms with Crippen LogP contribution < -0.4 is 10.2 Å². The van der Waals surface area contributed by atoms with Crippen molar-refractivity contribution in [3.63, 3.8) is 0 Å². The van der Waals surface area contributed by atoms with Crippen LogP contribution in [0.25, 0.3) is 0 Å². The quantitative estimate of drug-likeness (QED) is 0.387. The van der Waals surface area contributed by atoms with Gasteiger partial charge in [0.15, 0.2) is 0 Å². The molecule has 0 saturated carbocycles. The lowest BCUT2D eigenvalue weighted by atomic mass is 10.1. The number of hydrogen-bond acceptors (Lipinski definition) is 2. The molecule has 1 rings (SSSR count). The van der Waals surface area contributed by atoms with Gasteiger partial charge in [-0.15, -0.1) is 17.9 Å². The van der Waals surface area contributed by atoms with Gasteiger partial charge in [-0.05, 0) is 19.4 Å². The highest BCUT2D eigenvalue weighted by atomic mass is 32.1. The van der Waals surface area contributed by atoms with Crippen LogP contribution in [0.1, 0.15) is 16.0 Å². The summed E-state index contributed by atoms with van der Waals surface area (Å²) in [5.41, 5.74) is 8.60. The van der Waals surface area contributed by atoms with Gasteiger partial charge in [0.2, 0.25) is 0 Å². The minimum absolute atomic E-state index is 0.589. The first-order valence-electron chi connectivity index (χ1n) is 5.80. The van der Waals surface area contributed by atoms with E-state index in [2.05, 4.69) is 45.1 Å². The molecule has 0 bridgehead atoms. The summed E-state index contributed by atoms with van der Waals surface area (Å²) < 4.78 is 1.46. The van der Waals surface area contributed by atoms with Gasteiger partial charge < -0.3 is 5.73 Å². The van der Waals surface area contributed by atoms with Crippen molar-refractivity contribution in [3.8, 4) is 0 Å². The molecule has 1 aromatic heterocycles. The van der Waals surface area contributed by atoms with Crippen molar-refractivity contribution in [2.24, 2.45) is 10.7 Å². The van der Waals surface area contributed by atoms with Crippen molar-refractivity contribution >= 4 is 29.7 Å². The monoisotopic (exact) mass is 266 g/mol.